The summed E-state index contributed by atoms with van der Waals surface area (Å²) in [6.45, 7) is 8.97. The molecule has 84 valence electrons. The van der Waals surface area contributed by atoms with Crippen LogP contribution in [0.4, 0.5) is 0 Å². The van der Waals surface area contributed by atoms with Gasteiger partial charge in [-0.15, -0.1) is 0 Å². The molecule has 2 aliphatic rings. The van der Waals surface area contributed by atoms with Crippen molar-refractivity contribution < 1.29 is 9.59 Å². The SMILES string of the molecule is CC1(C)C(N2CC(=O)NCC2=O)C1(C)C. The molecule has 0 aromatic carbocycles. The highest BCUT2D eigenvalue weighted by Gasteiger charge is 2.68. The van der Waals surface area contributed by atoms with Gasteiger partial charge in [0.15, 0.2) is 0 Å². The van der Waals surface area contributed by atoms with Gasteiger partial charge in [0.05, 0.1) is 13.1 Å². The number of nitrogens with zero attached hydrogens (tertiary/aromatic N) is 1. The van der Waals surface area contributed by atoms with E-state index in [0.29, 0.717) is 0 Å². The summed E-state index contributed by atoms with van der Waals surface area (Å²) in [5.41, 5.74) is 0.223. The van der Waals surface area contributed by atoms with E-state index in [1.165, 1.54) is 0 Å². The molecule has 1 saturated heterocycles. The van der Waals surface area contributed by atoms with E-state index in [-0.39, 0.29) is 41.8 Å². The monoisotopic (exact) mass is 210 g/mol. The highest BCUT2D eigenvalue weighted by atomic mass is 16.2. The summed E-state index contributed by atoms with van der Waals surface area (Å²) in [5, 5.41) is 2.57. The van der Waals surface area contributed by atoms with Gasteiger partial charge in [0, 0.05) is 6.04 Å². The van der Waals surface area contributed by atoms with Crippen LogP contribution < -0.4 is 5.32 Å². The molecule has 1 aliphatic carbocycles. The molecule has 0 radical (unpaired) electrons. The van der Waals surface area contributed by atoms with E-state index in [1.807, 2.05) is 0 Å². The second-order valence-corrected chi connectivity index (χ2v) is 5.64. The smallest absolute Gasteiger partial charge is 0.242 e. The predicted molar refractivity (Wildman–Crippen MR) is 56.1 cm³/mol. The average Bonchev–Trinajstić information content (AvgIpc) is 2.49. The third-order valence-electron chi connectivity index (χ3n) is 4.33. The number of nitrogens with one attached hydrogen (secondary N) is 1. The van der Waals surface area contributed by atoms with Gasteiger partial charge in [-0.05, 0) is 10.8 Å². The number of amides is 2. The van der Waals surface area contributed by atoms with Crippen LogP contribution in [0.1, 0.15) is 27.7 Å². The molecule has 0 bridgehead atoms. The van der Waals surface area contributed by atoms with Gasteiger partial charge in [0.1, 0.15) is 0 Å². The molecular weight excluding hydrogens is 192 g/mol. The van der Waals surface area contributed by atoms with Crippen molar-refractivity contribution in [1.82, 2.24) is 10.2 Å². The minimum absolute atomic E-state index is 0.0400. The first-order valence-electron chi connectivity index (χ1n) is 5.34. The fourth-order valence-electron chi connectivity index (χ4n) is 2.75. The van der Waals surface area contributed by atoms with Crippen molar-refractivity contribution in [3.8, 4) is 0 Å². The Morgan fingerprint density at radius 1 is 1.20 bits per heavy atom. The third-order valence-corrected chi connectivity index (χ3v) is 4.33. The largest absolute Gasteiger partial charge is 0.345 e. The lowest BCUT2D eigenvalue weighted by molar-refractivity contribution is -0.141. The van der Waals surface area contributed by atoms with Crippen LogP contribution >= 0.6 is 0 Å². The molecule has 0 aromatic heterocycles. The first-order chi connectivity index (χ1) is 6.78. The van der Waals surface area contributed by atoms with Crippen molar-refractivity contribution in [3.05, 3.63) is 0 Å². The molecule has 15 heavy (non-hydrogen) atoms. The zero-order chi connectivity index (χ0) is 11.4. The van der Waals surface area contributed by atoms with Crippen molar-refractivity contribution in [3.63, 3.8) is 0 Å². The second-order valence-electron chi connectivity index (χ2n) is 5.64. The zero-order valence-electron chi connectivity index (χ0n) is 9.76. The highest BCUT2D eigenvalue weighted by Crippen LogP contribution is 2.65. The highest BCUT2D eigenvalue weighted by molar-refractivity contribution is 5.93. The lowest BCUT2D eigenvalue weighted by atomic mass is 10.0. The molecule has 2 amide bonds. The second kappa shape index (κ2) is 2.74. The molecule has 0 atom stereocenters. The Labute approximate surface area is 90.0 Å². The number of hydrogen-bond donors (Lipinski definition) is 1. The van der Waals surface area contributed by atoms with Gasteiger partial charge in [0.2, 0.25) is 11.8 Å². The van der Waals surface area contributed by atoms with Crippen LogP contribution in [-0.4, -0.2) is 35.8 Å². The Hall–Kier alpha value is -1.06. The van der Waals surface area contributed by atoms with Gasteiger partial charge < -0.3 is 10.2 Å². The number of carbonyl (C=O) groups excluding carboxylic acids is 2. The summed E-state index contributed by atoms with van der Waals surface area (Å²) >= 11 is 0. The molecule has 0 aromatic rings. The Bertz CT molecular complexity index is 319. The number of hydrogen-bond acceptors (Lipinski definition) is 2. The Morgan fingerprint density at radius 2 is 1.73 bits per heavy atom. The van der Waals surface area contributed by atoms with Crippen LogP contribution in [-0.2, 0) is 9.59 Å². The lowest BCUT2D eigenvalue weighted by Gasteiger charge is -2.28. The van der Waals surface area contributed by atoms with Gasteiger partial charge in [-0.1, -0.05) is 27.7 Å². The van der Waals surface area contributed by atoms with Crippen molar-refractivity contribution >= 4 is 11.8 Å². The fourth-order valence-corrected chi connectivity index (χ4v) is 2.75. The summed E-state index contributed by atoms with van der Waals surface area (Å²) in [6.07, 6.45) is 0. The number of carbonyl (C=O) groups is 2. The molecule has 4 heteroatoms. The zero-order valence-corrected chi connectivity index (χ0v) is 9.76. The van der Waals surface area contributed by atoms with E-state index in [9.17, 15) is 9.59 Å². The number of rotatable bonds is 1. The van der Waals surface area contributed by atoms with Crippen molar-refractivity contribution in [1.29, 1.82) is 0 Å². The van der Waals surface area contributed by atoms with Crippen molar-refractivity contribution in [2.24, 2.45) is 10.8 Å². The van der Waals surface area contributed by atoms with Crippen LogP contribution in [0.3, 0.4) is 0 Å². The van der Waals surface area contributed by atoms with Gasteiger partial charge in [-0.25, -0.2) is 0 Å². The molecule has 0 spiro atoms. The molecule has 0 unspecified atom stereocenters. The quantitative estimate of drug-likeness (QED) is 0.680. The first kappa shape index (κ1) is 10.5. The van der Waals surface area contributed by atoms with E-state index < -0.39 is 0 Å². The lowest BCUT2D eigenvalue weighted by Crippen LogP contribution is -2.53. The molecular formula is C11H18N2O2. The maximum absolute atomic E-state index is 11.7. The van der Waals surface area contributed by atoms with Gasteiger partial charge in [-0.2, -0.15) is 0 Å². The predicted octanol–water partition coefficient (Wildman–Crippen LogP) is 0.379. The van der Waals surface area contributed by atoms with Gasteiger partial charge >= 0.3 is 0 Å². The minimum atomic E-state index is -0.0481. The number of piperazine rings is 1. The summed E-state index contributed by atoms with van der Waals surface area (Å²) in [4.78, 5) is 24.7. The fraction of sp³-hybridized carbons (Fsp3) is 0.818. The first-order valence-corrected chi connectivity index (χ1v) is 5.34. The van der Waals surface area contributed by atoms with Crippen LogP contribution in [0.15, 0.2) is 0 Å². The molecule has 1 heterocycles. The van der Waals surface area contributed by atoms with Crippen molar-refractivity contribution in [2.75, 3.05) is 13.1 Å². The van der Waals surface area contributed by atoms with Crippen LogP contribution in [0.5, 0.6) is 0 Å². The maximum Gasteiger partial charge on any atom is 0.242 e. The molecule has 1 N–H and O–H groups in total. The standard InChI is InChI=1S/C11H18N2O2/c1-10(2)9(11(10,3)4)13-6-7(14)12-5-8(13)15/h9H,5-6H2,1-4H3,(H,12,14). The van der Waals surface area contributed by atoms with Gasteiger partial charge in [0.25, 0.3) is 0 Å². The van der Waals surface area contributed by atoms with E-state index in [2.05, 4.69) is 33.0 Å². The van der Waals surface area contributed by atoms with Crippen LogP contribution in [0.25, 0.3) is 0 Å². The van der Waals surface area contributed by atoms with E-state index in [0.717, 1.165) is 0 Å². The average molecular weight is 210 g/mol. The summed E-state index contributed by atoms with van der Waals surface area (Å²) in [6, 6.07) is 0.198. The molecule has 4 nitrogen and oxygen atoms in total. The summed E-state index contributed by atoms with van der Waals surface area (Å²) in [7, 11) is 0. The van der Waals surface area contributed by atoms with E-state index >= 15 is 0 Å². The normalized spacial score (nSPS) is 28.9. The molecule has 1 saturated carbocycles. The van der Waals surface area contributed by atoms with Crippen LogP contribution in [0, 0.1) is 10.8 Å². The van der Waals surface area contributed by atoms with E-state index in [1.54, 1.807) is 4.90 Å². The minimum Gasteiger partial charge on any atom is -0.345 e. The molecule has 2 rings (SSSR count). The molecule has 1 aliphatic heterocycles. The van der Waals surface area contributed by atoms with Crippen molar-refractivity contribution in [2.45, 2.75) is 33.7 Å². The molecule has 2 fully saturated rings. The van der Waals surface area contributed by atoms with Gasteiger partial charge in [-0.3, -0.25) is 9.59 Å². The van der Waals surface area contributed by atoms with Crippen LogP contribution in [0.2, 0.25) is 0 Å². The maximum atomic E-state index is 11.7. The Morgan fingerprint density at radius 3 is 2.20 bits per heavy atom. The summed E-state index contributed by atoms with van der Waals surface area (Å²) < 4.78 is 0. The Balaban J connectivity index is 2.19. The third kappa shape index (κ3) is 1.27. The Kier molecular flexibility index (Phi) is 1.91. The summed E-state index contributed by atoms with van der Waals surface area (Å²) in [5.74, 6) is -0.00801. The topological polar surface area (TPSA) is 49.4 Å². The van der Waals surface area contributed by atoms with E-state index in [4.69, 9.17) is 0 Å².